The van der Waals surface area contributed by atoms with Gasteiger partial charge in [0.2, 0.25) is 0 Å². The quantitative estimate of drug-likeness (QED) is 0.350. The van der Waals surface area contributed by atoms with Gasteiger partial charge in [-0.2, -0.15) is 0 Å². The van der Waals surface area contributed by atoms with Crippen molar-refractivity contribution in [2.75, 3.05) is 19.6 Å². The van der Waals surface area contributed by atoms with Gasteiger partial charge in [0, 0.05) is 17.7 Å². The van der Waals surface area contributed by atoms with Gasteiger partial charge >= 0.3 is 0 Å². The van der Waals surface area contributed by atoms with Gasteiger partial charge in [0.05, 0.1) is 11.0 Å². The molecule has 0 saturated carbocycles. The van der Waals surface area contributed by atoms with Gasteiger partial charge in [0.15, 0.2) is 0 Å². The summed E-state index contributed by atoms with van der Waals surface area (Å²) in [5.74, 6) is -0.132. The number of nitrogens with zero attached hydrogens (tertiary/aromatic N) is 2. The number of hydrogen-bond acceptors (Lipinski definition) is 4. The van der Waals surface area contributed by atoms with Crippen molar-refractivity contribution in [3.63, 3.8) is 0 Å². The second-order valence-electron chi connectivity index (χ2n) is 6.76. The Hall–Kier alpha value is -2.73. The molecule has 0 aliphatic heterocycles. The molecular weight excluding hydrogens is 354 g/mol. The van der Waals surface area contributed by atoms with Crippen LogP contribution < -0.4 is 5.32 Å². The summed E-state index contributed by atoms with van der Waals surface area (Å²) in [6, 6.07) is 15.4. The fourth-order valence-corrected chi connectivity index (χ4v) is 3.21. The van der Waals surface area contributed by atoms with Crippen molar-refractivity contribution >= 4 is 11.6 Å². The van der Waals surface area contributed by atoms with Crippen LogP contribution >= 0.6 is 0 Å². The van der Waals surface area contributed by atoms with Crippen LogP contribution in [0.4, 0.5) is 5.69 Å². The lowest BCUT2D eigenvalue weighted by Gasteiger charge is -2.21. The minimum absolute atomic E-state index is 0.0541. The molecule has 0 saturated heterocycles. The Morgan fingerprint density at radius 2 is 1.68 bits per heavy atom. The first-order valence-corrected chi connectivity index (χ1v) is 9.87. The molecule has 1 unspecified atom stereocenters. The number of benzene rings is 2. The van der Waals surface area contributed by atoms with Crippen LogP contribution in [0.15, 0.2) is 54.6 Å². The highest BCUT2D eigenvalue weighted by Crippen LogP contribution is 2.23. The van der Waals surface area contributed by atoms with Gasteiger partial charge in [-0.3, -0.25) is 14.9 Å². The number of carbonyl (C=O) groups is 1. The first-order valence-electron chi connectivity index (χ1n) is 9.87. The van der Waals surface area contributed by atoms with Crippen LogP contribution in [0.5, 0.6) is 0 Å². The van der Waals surface area contributed by atoms with Crippen LogP contribution in [0.1, 0.15) is 55.1 Å². The number of nitro benzene ring substituents is 1. The van der Waals surface area contributed by atoms with Gasteiger partial charge in [-0.15, -0.1) is 0 Å². The van der Waals surface area contributed by atoms with Crippen molar-refractivity contribution in [1.82, 2.24) is 10.2 Å². The lowest BCUT2D eigenvalue weighted by Crippen LogP contribution is -2.29. The predicted octanol–water partition coefficient (Wildman–Crippen LogP) is 4.58. The number of non-ortho nitro benzene ring substituents is 1. The van der Waals surface area contributed by atoms with E-state index in [4.69, 9.17) is 0 Å². The average Bonchev–Trinajstić information content (AvgIpc) is 2.73. The molecule has 1 atom stereocenters. The van der Waals surface area contributed by atoms with Crippen molar-refractivity contribution in [1.29, 1.82) is 0 Å². The van der Waals surface area contributed by atoms with Crippen molar-refractivity contribution in [3.05, 3.63) is 75.8 Å². The molecule has 0 radical (unpaired) electrons. The highest BCUT2D eigenvalue weighted by molar-refractivity contribution is 5.94. The normalized spacial score (nSPS) is 12.0. The molecule has 2 rings (SSSR count). The topological polar surface area (TPSA) is 75.5 Å². The molecule has 2 aromatic rings. The van der Waals surface area contributed by atoms with Crippen LogP contribution in [0.2, 0.25) is 0 Å². The SMILES string of the molecule is CCN(CC)CCCCC(NC(=O)c1ccccc1)c1ccc([N+](=O)[O-])cc1. The molecule has 28 heavy (non-hydrogen) atoms. The predicted molar refractivity (Wildman–Crippen MR) is 111 cm³/mol. The van der Waals surface area contributed by atoms with Gasteiger partial charge in [0.25, 0.3) is 11.6 Å². The highest BCUT2D eigenvalue weighted by atomic mass is 16.6. The summed E-state index contributed by atoms with van der Waals surface area (Å²) in [5, 5.41) is 14.0. The first kappa shape index (κ1) is 21.6. The van der Waals surface area contributed by atoms with Gasteiger partial charge in [0.1, 0.15) is 0 Å². The monoisotopic (exact) mass is 383 g/mol. The number of nitro groups is 1. The molecule has 0 spiro atoms. The van der Waals surface area contributed by atoms with Crippen molar-refractivity contribution in [3.8, 4) is 0 Å². The number of unbranched alkanes of at least 4 members (excludes halogenated alkanes) is 1. The van der Waals surface area contributed by atoms with Crippen LogP contribution in [-0.4, -0.2) is 35.4 Å². The number of carbonyl (C=O) groups excluding carboxylic acids is 1. The van der Waals surface area contributed by atoms with Gasteiger partial charge in [-0.05, 0) is 56.6 Å². The molecule has 0 fully saturated rings. The van der Waals surface area contributed by atoms with E-state index in [1.54, 1.807) is 24.3 Å². The minimum atomic E-state index is -0.411. The second-order valence-corrected chi connectivity index (χ2v) is 6.76. The van der Waals surface area contributed by atoms with Crippen molar-refractivity contribution in [2.45, 2.75) is 39.2 Å². The minimum Gasteiger partial charge on any atom is -0.345 e. The molecule has 150 valence electrons. The summed E-state index contributed by atoms with van der Waals surface area (Å²) in [6.45, 7) is 7.42. The number of amides is 1. The summed E-state index contributed by atoms with van der Waals surface area (Å²) in [4.78, 5) is 25.5. The largest absolute Gasteiger partial charge is 0.345 e. The summed E-state index contributed by atoms with van der Waals surface area (Å²) in [6.07, 6.45) is 2.80. The van der Waals surface area contributed by atoms with E-state index >= 15 is 0 Å². The molecule has 0 aliphatic rings. The highest BCUT2D eigenvalue weighted by Gasteiger charge is 2.17. The fraction of sp³-hybridized carbons (Fsp3) is 0.409. The maximum absolute atomic E-state index is 12.6. The van der Waals surface area contributed by atoms with Crippen LogP contribution in [-0.2, 0) is 0 Å². The lowest BCUT2D eigenvalue weighted by molar-refractivity contribution is -0.384. The molecule has 6 nitrogen and oxygen atoms in total. The third kappa shape index (κ3) is 6.46. The summed E-state index contributed by atoms with van der Waals surface area (Å²) in [7, 11) is 0. The molecule has 2 aromatic carbocycles. The summed E-state index contributed by atoms with van der Waals surface area (Å²) < 4.78 is 0. The fourth-order valence-electron chi connectivity index (χ4n) is 3.21. The Morgan fingerprint density at radius 1 is 1.04 bits per heavy atom. The van der Waals surface area contributed by atoms with Gasteiger partial charge < -0.3 is 10.2 Å². The molecule has 0 heterocycles. The van der Waals surface area contributed by atoms with E-state index in [-0.39, 0.29) is 17.6 Å². The Kier molecular flexibility index (Phi) is 8.62. The molecule has 0 bridgehead atoms. The van der Waals surface area contributed by atoms with Crippen LogP contribution in [0.3, 0.4) is 0 Å². The van der Waals surface area contributed by atoms with Crippen LogP contribution in [0, 0.1) is 10.1 Å². The summed E-state index contributed by atoms with van der Waals surface area (Å²) in [5.41, 5.74) is 1.55. The maximum Gasteiger partial charge on any atom is 0.269 e. The van der Waals surface area contributed by atoms with E-state index in [1.165, 1.54) is 12.1 Å². The molecule has 0 aliphatic carbocycles. The van der Waals surface area contributed by atoms with Gasteiger partial charge in [-0.25, -0.2) is 0 Å². The standard InChI is InChI=1S/C22H29N3O3/c1-3-24(4-2)17-9-8-12-21(18-13-15-20(16-14-18)25(27)28)23-22(26)19-10-6-5-7-11-19/h5-7,10-11,13-16,21H,3-4,8-9,12,17H2,1-2H3,(H,23,26). The third-order valence-electron chi connectivity index (χ3n) is 4.96. The Balaban J connectivity index is 2.06. The Morgan fingerprint density at radius 3 is 2.25 bits per heavy atom. The van der Waals surface area contributed by atoms with Crippen molar-refractivity contribution < 1.29 is 9.72 Å². The molecule has 6 heteroatoms. The molecular formula is C22H29N3O3. The van der Waals surface area contributed by atoms with E-state index in [0.29, 0.717) is 5.56 Å². The summed E-state index contributed by atoms with van der Waals surface area (Å²) >= 11 is 0. The maximum atomic E-state index is 12.6. The second kappa shape index (κ2) is 11.2. The zero-order valence-electron chi connectivity index (χ0n) is 16.6. The number of nitrogens with one attached hydrogen (secondary N) is 1. The van der Waals surface area contributed by atoms with E-state index in [1.807, 2.05) is 18.2 Å². The first-order chi connectivity index (χ1) is 13.5. The lowest BCUT2D eigenvalue weighted by atomic mass is 10.00. The van der Waals surface area contributed by atoms with Gasteiger partial charge in [-0.1, -0.05) is 44.2 Å². The average molecular weight is 383 g/mol. The number of hydrogen-bond donors (Lipinski definition) is 1. The number of rotatable bonds is 11. The van der Waals surface area contributed by atoms with Crippen LogP contribution in [0.25, 0.3) is 0 Å². The van der Waals surface area contributed by atoms with E-state index in [9.17, 15) is 14.9 Å². The molecule has 0 aromatic heterocycles. The molecule has 1 N–H and O–H groups in total. The molecule has 1 amide bonds. The third-order valence-corrected chi connectivity index (χ3v) is 4.96. The van der Waals surface area contributed by atoms with E-state index < -0.39 is 4.92 Å². The smallest absolute Gasteiger partial charge is 0.269 e. The van der Waals surface area contributed by atoms with E-state index in [2.05, 4.69) is 24.1 Å². The van der Waals surface area contributed by atoms with Crippen molar-refractivity contribution in [2.24, 2.45) is 0 Å². The zero-order valence-corrected chi connectivity index (χ0v) is 16.6. The zero-order chi connectivity index (χ0) is 20.4. The Bertz CT molecular complexity index is 743. The Labute approximate surface area is 166 Å². The van der Waals surface area contributed by atoms with E-state index in [0.717, 1.165) is 44.5 Å².